The van der Waals surface area contributed by atoms with Crippen molar-refractivity contribution < 1.29 is 13.9 Å². The molecule has 1 fully saturated rings. The number of hydrogen-bond acceptors (Lipinski definition) is 6. The molecule has 1 aromatic heterocycles. The number of carbonyl (C=O) groups is 1. The van der Waals surface area contributed by atoms with Gasteiger partial charge in [0.2, 0.25) is 5.69 Å². The third-order valence-corrected chi connectivity index (χ3v) is 5.64. The number of hydrogen-bond donors (Lipinski definition) is 1. The van der Waals surface area contributed by atoms with Gasteiger partial charge in [-0.2, -0.15) is 9.78 Å². The molecular formula is C23H23ClFN5O4. The van der Waals surface area contributed by atoms with Crippen molar-refractivity contribution in [2.24, 2.45) is 0 Å². The fourth-order valence-electron chi connectivity index (χ4n) is 3.63. The Morgan fingerprint density at radius 1 is 1.12 bits per heavy atom. The molecule has 34 heavy (non-hydrogen) atoms. The number of halogens is 2. The van der Waals surface area contributed by atoms with Crippen LogP contribution in [0.1, 0.15) is 16.1 Å². The molecule has 0 unspecified atom stereocenters. The second kappa shape index (κ2) is 10.7. The van der Waals surface area contributed by atoms with Crippen LogP contribution in [-0.4, -0.2) is 64.5 Å². The summed E-state index contributed by atoms with van der Waals surface area (Å²) < 4.78 is 21.4. The molecule has 1 N–H and O–H groups in total. The molecule has 0 saturated carbocycles. The minimum atomic E-state index is -0.875. The number of ether oxygens (including phenoxy) is 1. The van der Waals surface area contributed by atoms with Crippen molar-refractivity contribution in [1.29, 1.82) is 0 Å². The van der Waals surface area contributed by atoms with E-state index in [-0.39, 0.29) is 18.8 Å². The van der Waals surface area contributed by atoms with E-state index in [1.165, 1.54) is 18.2 Å². The summed E-state index contributed by atoms with van der Waals surface area (Å²) in [5, 5.41) is 7.05. The lowest BCUT2D eigenvalue weighted by Gasteiger charge is -2.26. The highest BCUT2D eigenvalue weighted by Crippen LogP contribution is 2.12. The Morgan fingerprint density at radius 2 is 1.88 bits per heavy atom. The highest BCUT2D eigenvalue weighted by molar-refractivity contribution is 6.30. The Balaban J connectivity index is 1.69. The molecule has 1 amide bonds. The first kappa shape index (κ1) is 23.8. The fraction of sp³-hybridized carbons (Fsp3) is 0.304. The maximum atomic E-state index is 14.5. The normalized spacial score (nSPS) is 14.2. The van der Waals surface area contributed by atoms with Crippen LogP contribution in [0.3, 0.4) is 0 Å². The summed E-state index contributed by atoms with van der Waals surface area (Å²) in [7, 11) is 0. The van der Waals surface area contributed by atoms with Crippen LogP contribution in [0.15, 0.2) is 58.1 Å². The second-order valence-corrected chi connectivity index (χ2v) is 8.16. The average molecular weight is 488 g/mol. The summed E-state index contributed by atoms with van der Waals surface area (Å²) in [6.45, 7) is 3.42. The highest BCUT2D eigenvalue weighted by Gasteiger charge is 2.22. The summed E-state index contributed by atoms with van der Waals surface area (Å²) in [5.41, 5.74) is -1.86. The number of rotatable bonds is 7. The molecule has 2 aromatic carbocycles. The van der Waals surface area contributed by atoms with Crippen LogP contribution < -0.4 is 16.6 Å². The van der Waals surface area contributed by atoms with E-state index < -0.39 is 28.7 Å². The third-order valence-electron chi connectivity index (χ3n) is 5.40. The lowest BCUT2D eigenvalue weighted by Crippen LogP contribution is -2.47. The van der Waals surface area contributed by atoms with E-state index >= 15 is 0 Å². The molecule has 1 aliphatic heterocycles. The Hall–Kier alpha value is -3.34. The van der Waals surface area contributed by atoms with Crippen LogP contribution in [0.25, 0.3) is 5.69 Å². The molecule has 0 radical (unpaired) electrons. The van der Waals surface area contributed by atoms with E-state index in [0.29, 0.717) is 30.3 Å². The Morgan fingerprint density at radius 3 is 2.62 bits per heavy atom. The van der Waals surface area contributed by atoms with Gasteiger partial charge in [0.25, 0.3) is 11.5 Å². The van der Waals surface area contributed by atoms with E-state index in [2.05, 4.69) is 15.3 Å². The number of aromatic nitrogens is 3. The van der Waals surface area contributed by atoms with Crippen molar-refractivity contribution in [2.75, 3.05) is 39.4 Å². The summed E-state index contributed by atoms with van der Waals surface area (Å²) >= 11 is 6.03. The molecular weight excluding hydrogens is 465 g/mol. The minimum Gasteiger partial charge on any atom is -0.379 e. The average Bonchev–Trinajstić information content (AvgIpc) is 2.83. The molecule has 0 spiro atoms. The monoisotopic (exact) mass is 487 g/mol. The Kier molecular flexibility index (Phi) is 7.51. The van der Waals surface area contributed by atoms with Gasteiger partial charge in [-0.1, -0.05) is 35.9 Å². The van der Waals surface area contributed by atoms with Crippen LogP contribution in [-0.2, 0) is 11.3 Å². The molecule has 2 heterocycles. The van der Waals surface area contributed by atoms with Gasteiger partial charge in [0.05, 0.1) is 19.8 Å². The standard InChI is InChI=1S/C23H23ClFN5O4/c24-17-5-3-4-16(14-17)15-29-22(32)20(21(31)26-8-9-28-10-12-34-13-11-28)27-30(23(29)33)19-7-2-1-6-18(19)25/h1-7,14H,8-13,15H2,(H,26,31). The van der Waals surface area contributed by atoms with Crippen molar-refractivity contribution >= 4 is 17.5 Å². The van der Waals surface area contributed by atoms with Crippen molar-refractivity contribution in [3.05, 3.63) is 91.5 Å². The van der Waals surface area contributed by atoms with Gasteiger partial charge in [-0.25, -0.2) is 9.18 Å². The van der Waals surface area contributed by atoms with Crippen molar-refractivity contribution in [3.8, 4) is 5.69 Å². The van der Waals surface area contributed by atoms with E-state index in [4.69, 9.17) is 16.3 Å². The molecule has 9 nitrogen and oxygen atoms in total. The van der Waals surface area contributed by atoms with Crippen LogP contribution in [0.2, 0.25) is 5.02 Å². The third kappa shape index (κ3) is 5.41. The molecule has 178 valence electrons. The number of morpholine rings is 1. The maximum absolute atomic E-state index is 14.5. The van der Waals surface area contributed by atoms with Gasteiger partial charge in [0.15, 0.2) is 0 Å². The molecule has 1 saturated heterocycles. The van der Waals surface area contributed by atoms with Crippen molar-refractivity contribution in [2.45, 2.75) is 6.54 Å². The first-order valence-electron chi connectivity index (χ1n) is 10.8. The molecule has 0 aliphatic carbocycles. The van der Waals surface area contributed by atoms with E-state index in [9.17, 15) is 18.8 Å². The zero-order valence-electron chi connectivity index (χ0n) is 18.2. The molecule has 0 bridgehead atoms. The first-order valence-corrected chi connectivity index (χ1v) is 11.1. The number of amides is 1. The van der Waals surface area contributed by atoms with Gasteiger partial charge in [-0.05, 0) is 29.8 Å². The SMILES string of the molecule is O=C(NCCN1CCOCC1)c1nn(-c2ccccc2F)c(=O)n(Cc2cccc(Cl)c2)c1=O. The number of benzene rings is 2. The summed E-state index contributed by atoms with van der Waals surface area (Å²) in [6.07, 6.45) is 0. The smallest absolute Gasteiger partial charge is 0.352 e. The van der Waals surface area contributed by atoms with E-state index in [1.54, 1.807) is 24.3 Å². The lowest BCUT2D eigenvalue weighted by molar-refractivity contribution is 0.0383. The Bertz CT molecular complexity index is 1300. The van der Waals surface area contributed by atoms with Gasteiger partial charge >= 0.3 is 5.69 Å². The van der Waals surface area contributed by atoms with Crippen molar-refractivity contribution in [3.63, 3.8) is 0 Å². The van der Waals surface area contributed by atoms with Crippen molar-refractivity contribution in [1.82, 2.24) is 24.6 Å². The van der Waals surface area contributed by atoms with Crippen LogP contribution in [0.5, 0.6) is 0 Å². The van der Waals surface area contributed by atoms with Crippen LogP contribution >= 0.6 is 11.6 Å². The predicted octanol–water partition coefficient (Wildman–Crippen LogP) is 1.30. The van der Waals surface area contributed by atoms with Gasteiger partial charge in [0.1, 0.15) is 11.5 Å². The van der Waals surface area contributed by atoms with Gasteiger partial charge < -0.3 is 10.1 Å². The predicted molar refractivity (Wildman–Crippen MR) is 124 cm³/mol. The fourth-order valence-corrected chi connectivity index (χ4v) is 3.84. The molecule has 0 atom stereocenters. The van der Waals surface area contributed by atoms with Crippen LogP contribution in [0, 0.1) is 5.82 Å². The molecule has 11 heteroatoms. The molecule has 4 rings (SSSR count). The number of carbonyl (C=O) groups excluding carboxylic acids is 1. The Labute approximate surface area is 199 Å². The van der Waals surface area contributed by atoms with E-state index in [0.717, 1.165) is 28.4 Å². The topological polar surface area (TPSA) is 98.5 Å². The highest BCUT2D eigenvalue weighted by atomic mass is 35.5. The summed E-state index contributed by atoms with van der Waals surface area (Å²) in [4.78, 5) is 41.3. The zero-order chi connectivity index (χ0) is 24.1. The number of nitrogens with one attached hydrogen (secondary N) is 1. The van der Waals surface area contributed by atoms with Gasteiger partial charge in [0, 0.05) is 31.2 Å². The number of para-hydroxylation sites is 1. The minimum absolute atomic E-state index is 0.163. The van der Waals surface area contributed by atoms with Crippen LogP contribution in [0.4, 0.5) is 4.39 Å². The quantitative estimate of drug-likeness (QED) is 0.539. The molecule has 3 aromatic rings. The summed E-state index contributed by atoms with van der Waals surface area (Å²) in [5.74, 6) is -1.47. The first-order chi connectivity index (χ1) is 16.4. The number of nitrogens with zero attached hydrogens (tertiary/aromatic N) is 4. The summed E-state index contributed by atoms with van der Waals surface area (Å²) in [6, 6.07) is 12.1. The van der Waals surface area contributed by atoms with Gasteiger partial charge in [-0.15, -0.1) is 0 Å². The van der Waals surface area contributed by atoms with E-state index in [1.807, 2.05) is 0 Å². The maximum Gasteiger partial charge on any atom is 0.352 e. The lowest BCUT2D eigenvalue weighted by atomic mass is 10.2. The second-order valence-electron chi connectivity index (χ2n) is 7.73. The largest absolute Gasteiger partial charge is 0.379 e. The molecule has 1 aliphatic rings. The zero-order valence-corrected chi connectivity index (χ0v) is 19.0. The van der Waals surface area contributed by atoms with Gasteiger partial charge in [-0.3, -0.25) is 19.1 Å².